The largest absolute Gasteiger partial charge is 0.348 e. The molecule has 1 unspecified atom stereocenters. The molecule has 1 rings (SSSR count). The van der Waals surface area contributed by atoms with E-state index in [0.717, 1.165) is 11.8 Å². The first kappa shape index (κ1) is 15.7. The molecule has 0 radical (unpaired) electrons. The number of sulfone groups is 1. The van der Waals surface area contributed by atoms with Crippen molar-refractivity contribution in [1.29, 1.82) is 0 Å². The highest BCUT2D eigenvalue weighted by Gasteiger charge is 2.15. The van der Waals surface area contributed by atoms with Gasteiger partial charge in [0.15, 0.2) is 9.84 Å². The van der Waals surface area contributed by atoms with Crippen LogP contribution in [0.5, 0.6) is 0 Å². The summed E-state index contributed by atoms with van der Waals surface area (Å²) < 4.78 is 22.7. The van der Waals surface area contributed by atoms with Gasteiger partial charge in [-0.3, -0.25) is 4.79 Å². The Hall–Kier alpha value is -1.40. The van der Waals surface area contributed by atoms with Crippen molar-refractivity contribution >= 4 is 15.7 Å². The number of amides is 1. The maximum Gasteiger partial charge on any atom is 0.237 e. The molecular weight excluding hydrogens is 264 g/mol. The zero-order valence-corrected chi connectivity index (χ0v) is 12.2. The van der Waals surface area contributed by atoms with E-state index in [1.807, 2.05) is 13.8 Å². The minimum Gasteiger partial charge on any atom is -0.348 e. The van der Waals surface area contributed by atoms with E-state index in [1.165, 1.54) is 12.1 Å². The van der Waals surface area contributed by atoms with Crippen molar-refractivity contribution in [3.8, 4) is 0 Å². The van der Waals surface area contributed by atoms with Crippen molar-refractivity contribution < 1.29 is 13.2 Å². The molecule has 1 aromatic carbocycles. The molecule has 0 bridgehead atoms. The number of nitrogens with two attached hydrogens (primary N) is 1. The van der Waals surface area contributed by atoms with Crippen LogP contribution in [0, 0.1) is 0 Å². The summed E-state index contributed by atoms with van der Waals surface area (Å²) in [6.45, 7) is 3.67. The first-order chi connectivity index (χ1) is 8.75. The summed E-state index contributed by atoms with van der Waals surface area (Å²) in [5.41, 5.74) is 6.47. The Morgan fingerprint density at radius 3 is 2.26 bits per heavy atom. The topological polar surface area (TPSA) is 89.3 Å². The molecule has 1 amide bonds. The van der Waals surface area contributed by atoms with Gasteiger partial charge in [0.1, 0.15) is 0 Å². The van der Waals surface area contributed by atoms with Gasteiger partial charge in [0, 0.05) is 6.26 Å². The van der Waals surface area contributed by atoms with Crippen LogP contribution in [0.1, 0.15) is 31.9 Å². The third kappa shape index (κ3) is 4.33. The van der Waals surface area contributed by atoms with E-state index < -0.39 is 15.9 Å². The summed E-state index contributed by atoms with van der Waals surface area (Å²) in [4.78, 5) is 11.9. The van der Waals surface area contributed by atoms with Crippen LogP contribution in [0.25, 0.3) is 0 Å². The van der Waals surface area contributed by atoms with E-state index >= 15 is 0 Å². The van der Waals surface area contributed by atoms with E-state index in [0.29, 0.717) is 6.42 Å². The molecule has 6 heteroatoms. The van der Waals surface area contributed by atoms with Crippen LogP contribution in [0.15, 0.2) is 29.2 Å². The molecule has 19 heavy (non-hydrogen) atoms. The average molecular weight is 284 g/mol. The fourth-order valence-corrected chi connectivity index (χ4v) is 2.22. The predicted molar refractivity (Wildman–Crippen MR) is 74.4 cm³/mol. The van der Waals surface area contributed by atoms with Gasteiger partial charge in [0.05, 0.1) is 17.0 Å². The minimum absolute atomic E-state index is 0.206. The van der Waals surface area contributed by atoms with Crippen molar-refractivity contribution in [2.45, 2.75) is 37.2 Å². The van der Waals surface area contributed by atoms with E-state index in [9.17, 15) is 13.2 Å². The van der Waals surface area contributed by atoms with Crippen molar-refractivity contribution in [2.75, 3.05) is 6.26 Å². The molecule has 0 aliphatic carbocycles. The minimum atomic E-state index is -3.19. The molecule has 106 valence electrons. The lowest BCUT2D eigenvalue weighted by molar-refractivity contribution is -0.123. The molecule has 3 N–H and O–H groups in total. The van der Waals surface area contributed by atoms with Gasteiger partial charge in [0.25, 0.3) is 0 Å². The van der Waals surface area contributed by atoms with Gasteiger partial charge < -0.3 is 11.1 Å². The van der Waals surface area contributed by atoms with Crippen LogP contribution in [0.4, 0.5) is 0 Å². The smallest absolute Gasteiger partial charge is 0.237 e. The first-order valence-corrected chi connectivity index (χ1v) is 8.00. The number of hydrogen-bond donors (Lipinski definition) is 2. The molecule has 2 atom stereocenters. The Bertz CT molecular complexity index is 538. The fraction of sp³-hybridized carbons (Fsp3) is 0.462. The lowest BCUT2D eigenvalue weighted by Gasteiger charge is -2.17. The number of rotatable bonds is 5. The molecule has 1 aromatic rings. The number of carbonyl (C=O) groups excluding carboxylic acids is 1. The van der Waals surface area contributed by atoms with Gasteiger partial charge >= 0.3 is 0 Å². The second-order valence-corrected chi connectivity index (χ2v) is 6.60. The maximum atomic E-state index is 11.7. The summed E-state index contributed by atoms with van der Waals surface area (Å²) in [5, 5.41) is 2.79. The van der Waals surface area contributed by atoms with Crippen molar-refractivity contribution in [2.24, 2.45) is 5.73 Å². The normalized spacial score (nSPS) is 14.7. The lowest BCUT2D eigenvalue weighted by Crippen LogP contribution is -2.41. The highest BCUT2D eigenvalue weighted by Crippen LogP contribution is 2.16. The van der Waals surface area contributed by atoms with Gasteiger partial charge in [-0.2, -0.15) is 0 Å². The van der Waals surface area contributed by atoms with E-state index in [2.05, 4.69) is 5.32 Å². The summed E-state index contributed by atoms with van der Waals surface area (Å²) in [7, 11) is -3.19. The molecule has 0 aliphatic heterocycles. The van der Waals surface area contributed by atoms with Gasteiger partial charge in [-0.15, -0.1) is 0 Å². The van der Waals surface area contributed by atoms with Crippen LogP contribution in [-0.2, 0) is 14.6 Å². The summed E-state index contributed by atoms with van der Waals surface area (Å²) >= 11 is 0. The molecule has 5 nitrogen and oxygen atoms in total. The monoisotopic (exact) mass is 284 g/mol. The number of nitrogens with one attached hydrogen (secondary N) is 1. The molecule has 0 saturated carbocycles. The average Bonchev–Trinajstić information content (AvgIpc) is 2.36. The SMILES string of the molecule is CC[C@@H](N)C(=O)NC(C)c1ccc(S(C)(=O)=O)cc1. The summed E-state index contributed by atoms with van der Waals surface area (Å²) in [6.07, 6.45) is 1.74. The second-order valence-electron chi connectivity index (χ2n) is 4.59. The van der Waals surface area contributed by atoms with Crippen LogP contribution in [0.2, 0.25) is 0 Å². The Morgan fingerprint density at radius 2 is 1.84 bits per heavy atom. The highest BCUT2D eigenvalue weighted by molar-refractivity contribution is 7.90. The molecule has 0 spiro atoms. The summed E-state index contributed by atoms with van der Waals surface area (Å²) in [6, 6.07) is 5.73. The van der Waals surface area contributed by atoms with Crippen molar-refractivity contribution in [3.05, 3.63) is 29.8 Å². The van der Waals surface area contributed by atoms with Crippen LogP contribution < -0.4 is 11.1 Å². The zero-order valence-electron chi connectivity index (χ0n) is 11.4. The third-order valence-electron chi connectivity index (χ3n) is 2.94. The standard InChI is InChI=1S/C13H20N2O3S/c1-4-12(14)13(16)15-9(2)10-5-7-11(8-6-10)19(3,17)18/h5-9,12H,4,14H2,1-3H3,(H,15,16)/t9?,12-/m1/s1. The van der Waals surface area contributed by atoms with Gasteiger partial charge in [-0.1, -0.05) is 19.1 Å². The van der Waals surface area contributed by atoms with Gasteiger partial charge in [-0.25, -0.2) is 8.42 Å². The highest BCUT2D eigenvalue weighted by atomic mass is 32.2. The maximum absolute atomic E-state index is 11.7. The zero-order chi connectivity index (χ0) is 14.6. The predicted octanol–water partition coefficient (Wildman–Crippen LogP) is 1.00. The quantitative estimate of drug-likeness (QED) is 0.844. The lowest BCUT2D eigenvalue weighted by atomic mass is 10.1. The fourth-order valence-electron chi connectivity index (χ4n) is 1.59. The number of carbonyl (C=O) groups is 1. The van der Waals surface area contributed by atoms with E-state index in [1.54, 1.807) is 12.1 Å². The van der Waals surface area contributed by atoms with E-state index in [4.69, 9.17) is 5.73 Å². The van der Waals surface area contributed by atoms with Crippen LogP contribution in [0.3, 0.4) is 0 Å². The molecule has 0 heterocycles. The Morgan fingerprint density at radius 1 is 1.32 bits per heavy atom. The summed E-state index contributed by atoms with van der Waals surface area (Å²) in [5.74, 6) is -0.206. The molecule has 0 aromatic heterocycles. The Kier molecular flexibility index (Phi) is 5.08. The number of hydrogen-bond acceptors (Lipinski definition) is 4. The molecule has 0 aliphatic rings. The molecule has 0 fully saturated rings. The first-order valence-electron chi connectivity index (χ1n) is 6.11. The van der Waals surface area contributed by atoms with Gasteiger partial charge in [0.2, 0.25) is 5.91 Å². The van der Waals surface area contributed by atoms with Crippen molar-refractivity contribution in [3.63, 3.8) is 0 Å². The molecule has 0 saturated heterocycles. The Labute approximate surface area is 114 Å². The number of benzene rings is 1. The van der Waals surface area contributed by atoms with Crippen LogP contribution >= 0.6 is 0 Å². The van der Waals surface area contributed by atoms with Crippen molar-refractivity contribution in [1.82, 2.24) is 5.32 Å². The second kappa shape index (κ2) is 6.16. The molecular formula is C13H20N2O3S. The Balaban J connectivity index is 2.79. The third-order valence-corrected chi connectivity index (χ3v) is 4.07. The van der Waals surface area contributed by atoms with E-state index in [-0.39, 0.29) is 16.8 Å². The van der Waals surface area contributed by atoms with Crippen LogP contribution in [-0.4, -0.2) is 26.6 Å². The van der Waals surface area contributed by atoms with Gasteiger partial charge in [-0.05, 0) is 31.0 Å².